The quantitative estimate of drug-likeness (QED) is 0.437. The predicted octanol–water partition coefficient (Wildman–Crippen LogP) is 2.07. The highest BCUT2D eigenvalue weighted by molar-refractivity contribution is 14.0. The van der Waals surface area contributed by atoms with E-state index < -0.39 is 0 Å². The van der Waals surface area contributed by atoms with Crippen LogP contribution >= 0.6 is 24.0 Å². The number of rotatable bonds is 5. The molecule has 0 amide bonds. The van der Waals surface area contributed by atoms with E-state index in [2.05, 4.69) is 39.7 Å². The van der Waals surface area contributed by atoms with E-state index in [9.17, 15) is 0 Å². The number of likely N-dealkylation sites (tertiary alicyclic amines) is 1. The SMILES string of the molecule is CN=C(NCc1ccc(OC)cc1)NCC1CCCN1C.I. The Kier molecular flexibility index (Phi) is 8.55. The molecule has 1 saturated heterocycles. The van der Waals surface area contributed by atoms with E-state index in [4.69, 9.17) is 4.74 Å². The van der Waals surface area contributed by atoms with Crippen molar-refractivity contribution in [1.82, 2.24) is 15.5 Å². The van der Waals surface area contributed by atoms with Gasteiger partial charge in [-0.3, -0.25) is 4.99 Å². The van der Waals surface area contributed by atoms with E-state index in [1.54, 1.807) is 7.11 Å². The third-order valence-corrected chi connectivity index (χ3v) is 4.02. The van der Waals surface area contributed by atoms with Crippen LogP contribution in [0.3, 0.4) is 0 Å². The lowest BCUT2D eigenvalue weighted by Crippen LogP contribution is -2.43. The zero-order valence-electron chi connectivity index (χ0n) is 13.6. The number of aliphatic imine (C=N–C) groups is 1. The summed E-state index contributed by atoms with van der Waals surface area (Å²) in [5, 5.41) is 6.75. The monoisotopic (exact) mass is 418 g/mol. The van der Waals surface area contributed by atoms with Crippen molar-refractivity contribution in [2.24, 2.45) is 4.99 Å². The lowest BCUT2D eigenvalue weighted by atomic mass is 10.2. The van der Waals surface area contributed by atoms with Gasteiger partial charge in [-0.15, -0.1) is 24.0 Å². The van der Waals surface area contributed by atoms with Crippen molar-refractivity contribution in [3.05, 3.63) is 29.8 Å². The van der Waals surface area contributed by atoms with Gasteiger partial charge in [-0.05, 0) is 44.1 Å². The van der Waals surface area contributed by atoms with Crippen molar-refractivity contribution in [2.75, 3.05) is 34.3 Å². The Morgan fingerprint density at radius 1 is 1.32 bits per heavy atom. The molecule has 0 bridgehead atoms. The van der Waals surface area contributed by atoms with E-state index in [1.807, 2.05) is 19.2 Å². The Labute approximate surface area is 150 Å². The summed E-state index contributed by atoms with van der Waals surface area (Å²) in [4.78, 5) is 6.68. The second-order valence-electron chi connectivity index (χ2n) is 5.43. The minimum atomic E-state index is 0. The maximum Gasteiger partial charge on any atom is 0.191 e. The first kappa shape index (κ1) is 19.0. The minimum Gasteiger partial charge on any atom is -0.497 e. The van der Waals surface area contributed by atoms with Gasteiger partial charge in [0.2, 0.25) is 0 Å². The van der Waals surface area contributed by atoms with E-state index >= 15 is 0 Å². The number of guanidine groups is 1. The molecule has 5 nitrogen and oxygen atoms in total. The number of benzene rings is 1. The van der Waals surface area contributed by atoms with Crippen LogP contribution in [0, 0.1) is 0 Å². The third kappa shape index (κ3) is 5.64. The number of nitrogens with one attached hydrogen (secondary N) is 2. The molecule has 2 rings (SSSR count). The summed E-state index contributed by atoms with van der Waals surface area (Å²) in [6.07, 6.45) is 2.56. The first-order valence-corrected chi connectivity index (χ1v) is 7.50. The van der Waals surface area contributed by atoms with Crippen LogP contribution in [0.1, 0.15) is 18.4 Å². The number of ether oxygens (including phenoxy) is 1. The van der Waals surface area contributed by atoms with Gasteiger partial charge in [-0.2, -0.15) is 0 Å². The summed E-state index contributed by atoms with van der Waals surface area (Å²) < 4.78 is 5.16. The molecule has 1 aromatic rings. The van der Waals surface area contributed by atoms with E-state index in [-0.39, 0.29) is 24.0 Å². The molecule has 22 heavy (non-hydrogen) atoms. The van der Waals surface area contributed by atoms with E-state index in [1.165, 1.54) is 24.9 Å². The molecule has 1 atom stereocenters. The Bertz CT molecular complexity index is 464. The summed E-state index contributed by atoms with van der Waals surface area (Å²) in [5.41, 5.74) is 1.21. The van der Waals surface area contributed by atoms with Gasteiger partial charge in [-0.1, -0.05) is 12.1 Å². The van der Waals surface area contributed by atoms with Crippen molar-refractivity contribution in [1.29, 1.82) is 0 Å². The summed E-state index contributed by atoms with van der Waals surface area (Å²) in [5.74, 6) is 1.73. The Balaban J connectivity index is 0.00000242. The zero-order valence-corrected chi connectivity index (χ0v) is 16.0. The molecule has 1 unspecified atom stereocenters. The van der Waals surface area contributed by atoms with Crippen LogP contribution in [0.5, 0.6) is 5.75 Å². The Morgan fingerprint density at radius 3 is 2.59 bits per heavy atom. The first-order chi connectivity index (χ1) is 10.2. The molecule has 6 heteroatoms. The average molecular weight is 418 g/mol. The summed E-state index contributed by atoms with van der Waals surface area (Å²) in [7, 11) is 5.67. The molecular weight excluding hydrogens is 391 g/mol. The fourth-order valence-corrected chi connectivity index (χ4v) is 2.60. The van der Waals surface area contributed by atoms with Gasteiger partial charge in [0, 0.05) is 26.2 Å². The van der Waals surface area contributed by atoms with Crippen molar-refractivity contribution in [3.8, 4) is 5.75 Å². The maximum absolute atomic E-state index is 5.16. The van der Waals surface area contributed by atoms with Gasteiger partial charge < -0.3 is 20.3 Å². The van der Waals surface area contributed by atoms with Crippen LogP contribution < -0.4 is 15.4 Å². The molecule has 0 saturated carbocycles. The molecule has 1 fully saturated rings. The smallest absolute Gasteiger partial charge is 0.191 e. The minimum absolute atomic E-state index is 0. The van der Waals surface area contributed by atoms with E-state index in [0.717, 1.165) is 24.8 Å². The number of hydrogen-bond donors (Lipinski definition) is 2. The van der Waals surface area contributed by atoms with Gasteiger partial charge in [0.15, 0.2) is 5.96 Å². The summed E-state index contributed by atoms with van der Waals surface area (Å²) in [6, 6.07) is 8.68. The van der Waals surface area contributed by atoms with E-state index in [0.29, 0.717) is 6.04 Å². The normalized spacial score (nSPS) is 18.7. The zero-order chi connectivity index (χ0) is 15.1. The number of methoxy groups -OCH3 is 1. The van der Waals surface area contributed by atoms with Crippen molar-refractivity contribution < 1.29 is 4.74 Å². The number of hydrogen-bond acceptors (Lipinski definition) is 3. The number of likely N-dealkylation sites (N-methyl/N-ethyl adjacent to an activating group) is 1. The van der Waals surface area contributed by atoms with Gasteiger partial charge in [-0.25, -0.2) is 0 Å². The average Bonchev–Trinajstić information content (AvgIpc) is 2.93. The first-order valence-electron chi connectivity index (χ1n) is 7.50. The summed E-state index contributed by atoms with van der Waals surface area (Å²) in [6.45, 7) is 2.90. The van der Waals surface area contributed by atoms with Gasteiger partial charge in [0.05, 0.1) is 7.11 Å². The fourth-order valence-electron chi connectivity index (χ4n) is 2.60. The molecule has 0 aliphatic carbocycles. The summed E-state index contributed by atoms with van der Waals surface area (Å²) >= 11 is 0. The highest BCUT2D eigenvalue weighted by atomic mass is 127. The van der Waals surface area contributed by atoms with Crippen LogP contribution in [-0.2, 0) is 6.54 Å². The van der Waals surface area contributed by atoms with Crippen molar-refractivity contribution in [3.63, 3.8) is 0 Å². The molecule has 1 aliphatic heterocycles. The molecular formula is C16H27IN4O. The molecule has 2 N–H and O–H groups in total. The van der Waals surface area contributed by atoms with Crippen molar-refractivity contribution >= 4 is 29.9 Å². The maximum atomic E-state index is 5.16. The van der Waals surface area contributed by atoms with Crippen molar-refractivity contribution in [2.45, 2.75) is 25.4 Å². The molecule has 0 spiro atoms. The molecule has 124 valence electrons. The number of nitrogens with zero attached hydrogens (tertiary/aromatic N) is 2. The highest BCUT2D eigenvalue weighted by Crippen LogP contribution is 2.13. The largest absolute Gasteiger partial charge is 0.497 e. The third-order valence-electron chi connectivity index (χ3n) is 4.02. The Hall–Kier alpha value is -1.02. The molecule has 0 radical (unpaired) electrons. The second-order valence-corrected chi connectivity index (χ2v) is 5.43. The molecule has 1 aromatic carbocycles. The predicted molar refractivity (Wildman–Crippen MR) is 102 cm³/mol. The number of halogens is 1. The van der Waals surface area contributed by atoms with Crippen LogP contribution in [0.15, 0.2) is 29.3 Å². The molecule has 1 heterocycles. The lowest BCUT2D eigenvalue weighted by Gasteiger charge is -2.21. The molecule has 1 aliphatic rings. The second kappa shape index (κ2) is 9.89. The Morgan fingerprint density at radius 2 is 2.05 bits per heavy atom. The van der Waals surface area contributed by atoms with Crippen LogP contribution in [0.4, 0.5) is 0 Å². The van der Waals surface area contributed by atoms with Gasteiger partial charge >= 0.3 is 0 Å². The lowest BCUT2D eigenvalue weighted by molar-refractivity contribution is 0.309. The standard InChI is InChI=1S/C16H26N4O.HI/c1-17-16(19-12-14-5-4-10-20(14)2)18-11-13-6-8-15(21-3)9-7-13;/h6-9,14H,4-5,10-12H2,1-3H3,(H2,17,18,19);1H. The van der Waals surface area contributed by atoms with Gasteiger partial charge in [0.25, 0.3) is 0 Å². The fraction of sp³-hybridized carbons (Fsp3) is 0.562. The van der Waals surface area contributed by atoms with Crippen LogP contribution in [0.25, 0.3) is 0 Å². The van der Waals surface area contributed by atoms with Gasteiger partial charge in [0.1, 0.15) is 5.75 Å². The topological polar surface area (TPSA) is 48.9 Å². The highest BCUT2D eigenvalue weighted by Gasteiger charge is 2.20. The molecule has 0 aromatic heterocycles. The van der Waals surface area contributed by atoms with Crippen LogP contribution in [-0.4, -0.2) is 51.2 Å². The van der Waals surface area contributed by atoms with Crippen LogP contribution in [0.2, 0.25) is 0 Å².